The van der Waals surface area contributed by atoms with Gasteiger partial charge in [0, 0.05) is 9.79 Å². The Kier molecular flexibility index (Phi) is 18.0. The van der Waals surface area contributed by atoms with Gasteiger partial charge in [-0.15, -0.1) is 0 Å². The Labute approximate surface area is 281 Å². The van der Waals surface area contributed by atoms with Crippen molar-refractivity contribution in [1.82, 2.24) is 10.6 Å². The Bertz CT molecular complexity index is 1140. The van der Waals surface area contributed by atoms with Gasteiger partial charge in [-0.2, -0.15) is 0 Å². The molecule has 0 spiro atoms. The number of thioether (sulfide) groups is 2. The van der Waals surface area contributed by atoms with Crippen molar-refractivity contribution in [2.45, 2.75) is 120 Å². The highest BCUT2D eigenvalue weighted by atomic mass is 32.2. The minimum atomic E-state index is -0.211. The Hall–Kier alpha value is -1.86. The molecule has 2 nitrogen and oxygen atoms in total. The van der Waals surface area contributed by atoms with E-state index in [1.54, 1.807) is 23.5 Å². The van der Waals surface area contributed by atoms with Crippen LogP contribution in [0.5, 0.6) is 0 Å². The lowest BCUT2D eigenvalue weighted by Gasteiger charge is -2.23. The molecule has 0 aliphatic heterocycles. The Morgan fingerprint density at radius 2 is 0.930 bits per heavy atom. The minimum Gasteiger partial charge on any atom is -0.347 e. The summed E-state index contributed by atoms with van der Waals surface area (Å²) in [6, 6.07) is 27.8. The van der Waals surface area contributed by atoms with Gasteiger partial charge in [0.15, 0.2) is 0 Å². The maximum atomic E-state index is 5.91. The number of hydrogen-bond acceptors (Lipinski definition) is 4. The highest BCUT2D eigenvalue weighted by molar-refractivity contribution is 8.23. The van der Waals surface area contributed by atoms with Gasteiger partial charge >= 0.3 is 0 Å². The van der Waals surface area contributed by atoms with Gasteiger partial charge in [-0.25, -0.2) is 0 Å². The largest absolute Gasteiger partial charge is 0.347 e. The van der Waals surface area contributed by atoms with E-state index in [1.165, 1.54) is 98.0 Å². The average molecular weight is 651 g/mol. The van der Waals surface area contributed by atoms with E-state index >= 15 is 0 Å². The van der Waals surface area contributed by atoms with Gasteiger partial charge in [-0.05, 0) is 54.5 Å². The number of benzene rings is 3. The monoisotopic (exact) mass is 650 g/mol. The van der Waals surface area contributed by atoms with Crippen LogP contribution in [0.25, 0.3) is 0 Å². The first-order chi connectivity index (χ1) is 21.1. The SMILES string of the molecule is CCCCCCCCc1ccccc1SC(=S)NC(NC(=S)Sc1ccccc1CCCCCCCC)c1ccccc1. The van der Waals surface area contributed by atoms with Crippen LogP contribution in [-0.2, 0) is 12.8 Å². The van der Waals surface area contributed by atoms with Gasteiger partial charge in [-0.1, -0.05) is 193 Å². The predicted molar refractivity (Wildman–Crippen MR) is 199 cm³/mol. The molecule has 0 aliphatic rings. The zero-order chi connectivity index (χ0) is 30.5. The van der Waals surface area contributed by atoms with Crippen molar-refractivity contribution < 1.29 is 0 Å². The Morgan fingerprint density at radius 3 is 1.40 bits per heavy atom. The fourth-order valence-corrected chi connectivity index (χ4v) is 7.58. The summed E-state index contributed by atoms with van der Waals surface area (Å²) in [6.07, 6.45) is 17.6. The number of thiocarbonyl (C=S) groups is 2. The third-order valence-electron chi connectivity index (χ3n) is 7.61. The number of unbranched alkanes of at least 4 members (excludes halogenated alkanes) is 10. The van der Waals surface area contributed by atoms with Crippen LogP contribution in [0.3, 0.4) is 0 Å². The zero-order valence-electron chi connectivity index (χ0n) is 26.1. The van der Waals surface area contributed by atoms with Gasteiger partial charge in [0.05, 0.1) is 0 Å². The lowest BCUT2D eigenvalue weighted by Crippen LogP contribution is -2.38. The van der Waals surface area contributed by atoms with Crippen molar-refractivity contribution in [1.29, 1.82) is 0 Å². The van der Waals surface area contributed by atoms with E-state index in [1.807, 2.05) is 6.07 Å². The molecule has 0 unspecified atom stereocenters. The molecule has 43 heavy (non-hydrogen) atoms. The second kappa shape index (κ2) is 21.8. The Morgan fingerprint density at radius 1 is 0.535 bits per heavy atom. The molecule has 3 rings (SSSR count). The molecule has 0 aromatic heterocycles. The molecule has 0 saturated carbocycles. The molecule has 0 bridgehead atoms. The van der Waals surface area contributed by atoms with Crippen LogP contribution in [0, 0.1) is 0 Å². The first-order valence-corrected chi connectivity index (χ1v) is 18.7. The van der Waals surface area contributed by atoms with E-state index in [9.17, 15) is 0 Å². The maximum absolute atomic E-state index is 5.91. The van der Waals surface area contributed by atoms with Gasteiger partial charge < -0.3 is 10.6 Å². The van der Waals surface area contributed by atoms with E-state index in [-0.39, 0.29) is 6.17 Å². The van der Waals surface area contributed by atoms with Gasteiger partial charge in [0.1, 0.15) is 14.8 Å². The minimum absolute atomic E-state index is 0.211. The Balaban J connectivity index is 1.59. The standard InChI is InChI=1S/C37H50N2S4/c1-3-5-7-9-11-14-22-30-24-18-20-28-33(30)42-36(40)38-35(32-26-16-13-17-27-32)39-37(41)43-34-29-21-19-25-31(34)23-15-12-10-8-6-4-2/h13,16-21,24-29,35H,3-12,14-15,22-23H2,1-2H3,(H,38,40)(H,39,41). The topological polar surface area (TPSA) is 24.1 Å². The fraction of sp³-hybridized carbons (Fsp3) is 0.459. The first-order valence-electron chi connectivity index (χ1n) is 16.3. The highest BCUT2D eigenvalue weighted by Gasteiger charge is 2.17. The quantitative estimate of drug-likeness (QED) is 0.0579. The number of nitrogens with one attached hydrogen (secondary N) is 2. The predicted octanol–water partition coefficient (Wildman–Crippen LogP) is 11.8. The molecule has 0 fully saturated rings. The fourth-order valence-electron chi connectivity index (χ4n) is 5.15. The smallest absolute Gasteiger partial charge is 0.140 e. The summed E-state index contributed by atoms with van der Waals surface area (Å²) < 4.78 is 1.49. The van der Waals surface area contributed by atoms with Gasteiger partial charge in [-0.3, -0.25) is 0 Å². The van der Waals surface area contributed by atoms with Crippen molar-refractivity contribution >= 4 is 56.6 Å². The molecule has 2 N–H and O–H groups in total. The number of rotatable bonds is 19. The summed E-state index contributed by atoms with van der Waals surface area (Å²) in [6.45, 7) is 4.54. The van der Waals surface area contributed by atoms with Crippen LogP contribution in [0.2, 0.25) is 0 Å². The molecule has 0 aliphatic carbocycles. The van der Waals surface area contributed by atoms with Gasteiger partial charge in [0.2, 0.25) is 0 Å². The lowest BCUT2D eigenvalue weighted by atomic mass is 10.1. The van der Waals surface area contributed by atoms with Gasteiger partial charge in [0.25, 0.3) is 0 Å². The van der Waals surface area contributed by atoms with E-state index in [2.05, 4.69) is 97.3 Å². The molecule has 6 heteroatoms. The number of hydrogen-bond donors (Lipinski definition) is 2. The maximum Gasteiger partial charge on any atom is 0.140 e. The molecule has 0 atom stereocenters. The molecule has 0 radical (unpaired) electrons. The summed E-state index contributed by atoms with van der Waals surface area (Å²) in [5, 5.41) is 7.14. The highest BCUT2D eigenvalue weighted by Crippen LogP contribution is 2.28. The van der Waals surface area contributed by atoms with Crippen molar-refractivity contribution in [2.24, 2.45) is 0 Å². The summed E-state index contributed by atoms with van der Waals surface area (Å²) in [7, 11) is 0. The molecule has 0 saturated heterocycles. The van der Waals surface area contributed by atoms with Crippen LogP contribution < -0.4 is 10.6 Å². The first kappa shape index (κ1) is 35.6. The molecule has 0 heterocycles. The van der Waals surface area contributed by atoms with Crippen molar-refractivity contribution in [2.75, 3.05) is 0 Å². The summed E-state index contributed by atoms with van der Waals surface area (Å²) >= 11 is 15.1. The van der Waals surface area contributed by atoms with Crippen LogP contribution in [0.15, 0.2) is 88.7 Å². The molecule has 232 valence electrons. The third-order valence-corrected chi connectivity index (χ3v) is 10.2. The molecule has 3 aromatic rings. The van der Waals surface area contributed by atoms with E-state index in [0.717, 1.165) is 27.0 Å². The molecular formula is C37H50N2S4. The van der Waals surface area contributed by atoms with E-state index in [0.29, 0.717) is 0 Å². The van der Waals surface area contributed by atoms with E-state index in [4.69, 9.17) is 24.4 Å². The lowest BCUT2D eigenvalue weighted by molar-refractivity contribution is 0.606. The molecule has 0 amide bonds. The van der Waals surface area contributed by atoms with Crippen molar-refractivity contribution in [3.05, 3.63) is 95.6 Å². The van der Waals surface area contributed by atoms with E-state index < -0.39 is 0 Å². The second-order valence-electron chi connectivity index (χ2n) is 11.2. The summed E-state index contributed by atoms with van der Waals surface area (Å²) in [5.41, 5.74) is 3.86. The molecule has 3 aromatic carbocycles. The van der Waals surface area contributed by atoms with Crippen LogP contribution in [0.4, 0.5) is 0 Å². The normalized spacial score (nSPS) is 11.0. The average Bonchev–Trinajstić information content (AvgIpc) is 3.02. The second-order valence-corrected chi connectivity index (χ2v) is 14.6. The van der Waals surface area contributed by atoms with Crippen LogP contribution in [-0.4, -0.2) is 8.64 Å². The number of aryl methyl sites for hydroxylation is 2. The molecular weight excluding hydrogens is 601 g/mol. The summed E-state index contributed by atoms with van der Waals surface area (Å²) in [5.74, 6) is 0. The third kappa shape index (κ3) is 14.2. The van der Waals surface area contributed by atoms with Crippen LogP contribution >= 0.6 is 48.0 Å². The summed E-state index contributed by atoms with van der Waals surface area (Å²) in [4.78, 5) is 2.47. The van der Waals surface area contributed by atoms with Crippen molar-refractivity contribution in [3.63, 3.8) is 0 Å². The van der Waals surface area contributed by atoms with Crippen LogP contribution in [0.1, 0.15) is 114 Å². The zero-order valence-corrected chi connectivity index (χ0v) is 29.4. The van der Waals surface area contributed by atoms with Crippen molar-refractivity contribution in [3.8, 4) is 0 Å².